The summed E-state index contributed by atoms with van der Waals surface area (Å²) in [4.78, 5) is 3.60. The summed E-state index contributed by atoms with van der Waals surface area (Å²) in [6, 6.07) is 0. The van der Waals surface area contributed by atoms with Crippen molar-refractivity contribution in [1.82, 2.24) is 0 Å². The summed E-state index contributed by atoms with van der Waals surface area (Å²) in [6.45, 7) is 4.76. The zero-order valence-electron chi connectivity index (χ0n) is 7.37. The Balaban J connectivity index is 4.57. The molecule has 0 atom stereocenters. The molecule has 0 radical (unpaired) electrons. The fraction of sp³-hybridized carbons (Fsp3) is 0.625. The molecule has 0 aliphatic heterocycles. The van der Waals surface area contributed by atoms with Crippen LogP contribution in [0.2, 0.25) is 0 Å². The fourth-order valence-corrected chi connectivity index (χ4v) is 0.572. The number of hydrogen-bond donors (Lipinski definition) is 0. The molecule has 1 nitrogen and oxygen atoms in total. The van der Waals surface area contributed by atoms with E-state index in [4.69, 9.17) is 0 Å². The van der Waals surface area contributed by atoms with Crippen LogP contribution < -0.4 is 0 Å². The fourth-order valence-electron chi connectivity index (χ4n) is 0.572. The van der Waals surface area contributed by atoms with Gasteiger partial charge in [-0.05, 0) is 20.3 Å². The highest BCUT2D eigenvalue weighted by atomic mass is 19.4. The maximum atomic E-state index is 12.0. The number of alkyl halides is 3. The first kappa shape index (κ1) is 11.2. The number of allylic oxidation sites excluding steroid dienone is 1. The number of aliphatic imine (C=N–C) groups is 1. The van der Waals surface area contributed by atoms with Gasteiger partial charge in [0.15, 0.2) is 0 Å². The van der Waals surface area contributed by atoms with E-state index in [0.29, 0.717) is 5.71 Å². The second-order valence-corrected chi connectivity index (χ2v) is 2.58. The maximum Gasteiger partial charge on any atom is 0.414 e. The lowest BCUT2D eigenvalue weighted by Crippen LogP contribution is -2.10. The maximum absolute atomic E-state index is 12.0. The third-order valence-electron chi connectivity index (χ3n) is 1.22. The van der Waals surface area contributed by atoms with Crippen LogP contribution in [-0.4, -0.2) is 11.9 Å². The second-order valence-electron chi connectivity index (χ2n) is 2.58. The number of nitrogens with zero attached hydrogens (tertiary/aromatic N) is 1. The van der Waals surface area contributed by atoms with Crippen LogP contribution in [0, 0.1) is 0 Å². The molecule has 0 rings (SSSR count). The lowest BCUT2D eigenvalue weighted by Gasteiger charge is -2.07. The van der Waals surface area contributed by atoms with Crippen LogP contribution in [-0.2, 0) is 0 Å². The average Bonchev–Trinajstić information content (AvgIpc) is 1.85. The first-order chi connectivity index (χ1) is 5.38. The minimum absolute atomic E-state index is 0.0414. The minimum Gasteiger partial charge on any atom is -0.266 e. The molecule has 0 amide bonds. The van der Waals surface area contributed by atoms with Gasteiger partial charge < -0.3 is 0 Å². The van der Waals surface area contributed by atoms with Gasteiger partial charge in [-0.1, -0.05) is 6.92 Å². The Bertz CT molecular complexity index is 197. The standard InChI is InChI=1S/C8H12F3N/c1-4-7(8(9,10)11)5-12-6(2)3/h5H,4H2,1-3H3/b7-5+. The highest BCUT2D eigenvalue weighted by Crippen LogP contribution is 2.27. The molecule has 4 heteroatoms. The molecule has 70 valence electrons. The molecule has 0 heterocycles. The first-order valence-corrected chi connectivity index (χ1v) is 3.65. The summed E-state index contributed by atoms with van der Waals surface area (Å²) in [7, 11) is 0. The molecule has 0 aromatic heterocycles. The molecular weight excluding hydrogens is 167 g/mol. The molecule has 0 aliphatic carbocycles. The molecule has 12 heavy (non-hydrogen) atoms. The van der Waals surface area contributed by atoms with Crippen LogP contribution in [0.1, 0.15) is 27.2 Å². The van der Waals surface area contributed by atoms with Gasteiger partial charge in [-0.2, -0.15) is 13.2 Å². The monoisotopic (exact) mass is 179 g/mol. The largest absolute Gasteiger partial charge is 0.414 e. The van der Waals surface area contributed by atoms with Gasteiger partial charge in [0, 0.05) is 11.9 Å². The van der Waals surface area contributed by atoms with Crippen molar-refractivity contribution in [3.8, 4) is 0 Å². The highest BCUT2D eigenvalue weighted by Gasteiger charge is 2.31. The van der Waals surface area contributed by atoms with Crippen molar-refractivity contribution in [3.63, 3.8) is 0 Å². The van der Waals surface area contributed by atoms with Crippen molar-refractivity contribution in [2.75, 3.05) is 0 Å². The average molecular weight is 179 g/mol. The van der Waals surface area contributed by atoms with Gasteiger partial charge in [-0.3, -0.25) is 4.99 Å². The Labute approximate surface area is 70.0 Å². The van der Waals surface area contributed by atoms with Crippen LogP contribution >= 0.6 is 0 Å². The van der Waals surface area contributed by atoms with E-state index in [1.54, 1.807) is 13.8 Å². The summed E-state index contributed by atoms with van der Waals surface area (Å²) in [5, 5.41) is 0. The number of halogens is 3. The van der Waals surface area contributed by atoms with Crippen LogP contribution in [0.3, 0.4) is 0 Å². The van der Waals surface area contributed by atoms with Crippen molar-refractivity contribution in [3.05, 3.63) is 11.8 Å². The Hall–Kier alpha value is -0.800. The summed E-state index contributed by atoms with van der Waals surface area (Å²) in [5.41, 5.74) is 0.0221. The SMILES string of the molecule is CC/C(=C\N=C(C)C)C(F)(F)F. The smallest absolute Gasteiger partial charge is 0.266 e. The third-order valence-corrected chi connectivity index (χ3v) is 1.22. The van der Waals surface area contributed by atoms with Crippen LogP contribution in [0.4, 0.5) is 13.2 Å². The van der Waals surface area contributed by atoms with E-state index in [1.165, 1.54) is 6.92 Å². The number of rotatable bonds is 2. The lowest BCUT2D eigenvalue weighted by atomic mass is 10.2. The topological polar surface area (TPSA) is 12.4 Å². The van der Waals surface area contributed by atoms with E-state index in [0.717, 1.165) is 6.20 Å². The Morgan fingerprint density at radius 2 is 1.83 bits per heavy atom. The first-order valence-electron chi connectivity index (χ1n) is 3.65. The van der Waals surface area contributed by atoms with Gasteiger partial charge in [0.05, 0.1) is 5.57 Å². The molecule has 0 fully saturated rings. The molecular formula is C8H12F3N. The molecule has 0 aromatic carbocycles. The van der Waals surface area contributed by atoms with E-state index in [9.17, 15) is 13.2 Å². The van der Waals surface area contributed by atoms with Crippen molar-refractivity contribution >= 4 is 5.71 Å². The Kier molecular flexibility index (Phi) is 4.00. The van der Waals surface area contributed by atoms with Crippen molar-refractivity contribution in [1.29, 1.82) is 0 Å². The van der Waals surface area contributed by atoms with E-state index in [2.05, 4.69) is 4.99 Å². The van der Waals surface area contributed by atoms with Gasteiger partial charge in [-0.25, -0.2) is 0 Å². The predicted molar refractivity (Wildman–Crippen MR) is 43.2 cm³/mol. The van der Waals surface area contributed by atoms with Crippen LogP contribution in [0.5, 0.6) is 0 Å². The molecule has 0 saturated carbocycles. The highest BCUT2D eigenvalue weighted by molar-refractivity contribution is 5.79. The summed E-state index contributed by atoms with van der Waals surface area (Å²) in [5.74, 6) is 0. The van der Waals surface area contributed by atoms with Crippen LogP contribution in [0.25, 0.3) is 0 Å². The summed E-state index contributed by atoms with van der Waals surface area (Å²) in [6.07, 6.45) is -3.40. The van der Waals surface area contributed by atoms with Crippen molar-refractivity contribution in [2.24, 2.45) is 4.99 Å². The van der Waals surface area contributed by atoms with Gasteiger partial charge in [0.1, 0.15) is 0 Å². The lowest BCUT2D eigenvalue weighted by molar-refractivity contribution is -0.0937. The quantitative estimate of drug-likeness (QED) is 0.576. The number of hydrogen-bond acceptors (Lipinski definition) is 1. The predicted octanol–water partition coefficient (Wildman–Crippen LogP) is 3.32. The zero-order valence-corrected chi connectivity index (χ0v) is 7.37. The van der Waals surface area contributed by atoms with Crippen molar-refractivity contribution in [2.45, 2.75) is 33.4 Å². The van der Waals surface area contributed by atoms with E-state index in [1.807, 2.05) is 0 Å². The molecule has 0 spiro atoms. The molecule has 0 aliphatic rings. The molecule has 0 saturated heterocycles. The third kappa shape index (κ3) is 4.16. The molecule has 0 unspecified atom stereocenters. The Morgan fingerprint density at radius 3 is 2.08 bits per heavy atom. The summed E-state index contributed by atoms with van der Waals surface area (Å²) < 4.78 is 36.1. The van der Waals surface area contributed by atoms with Gasteiger partial charge in [0.2, 0.25) is 0 Å². The second kappa shape index (κ2) is 4.28. The van der Waals surface area contributed by atoms with Crippen LogP contribution in [0.15, 0.2) is 16.8 Å². The molecule has 0 aromatic rings. The van der Waals surface area contributed by atoms with E-state index < -0.39 is 11.7 Å². The summed E-state index contributed by atoms with van der Waals surface area (Å²) >= 11 is 0. The molecule has 0 N–H and O–H groups in total. The Morgan fingerprint density at radius 1 is 1.33 bits per heavy atom. The zero-order chi connectivity index (χ0) is 9.78. The minimum atomic E-state index is -4.24. The normalized spacial score (nSPS) is 13.0. The van der Waals surface area contributed by atoms with E-state index >= 15 is 0 Å². The van der Waals surface area contributed by atoms with Crippen molar-refractivity contribution < 1.29 is 13.2 Å². The van der Waals surface area contributed by atoms with Gasteiger partial charge in [-0.15, -0.1) is 0 Å². The van der Waals surface area contributed by atoms with E-state index in [-0.39, 0.29) is 6.42 Å². The van der Waals surface area contributed by atoms with Gasteiger partial charge in [0.25, 0.3) is 0 Å². The molecule has 0 bridgehead atoms. The van der Waals surface area contributed by atoms with Gasteiger partial charge >= 0.3 is 6.18 Å².